The number of benzene rings is 1. The Morgan fingerprint density at radius 3 is 2.56 bits per heavy atom. The van der Waals surface area contributed by atoms with E-state index in [1.54, 1.807) is 12.1 Å². The van der Waals surface area contributed by atoms with Crippen LogP contribution < -0.4 is 11.1 Å². The second kappa shape index (κ2) is 6.09. The van der Waals surface area contributed by atoms with Crippen LogP contribution in [0.15, 0.2) is 23.1 Å². The summed E-state index contributed by atoms with van der Waals surface area (Å²) >= 11 is 0. The lowest BCUT2D eigenvalue weighted by Crippen LogP contribution is -2.16. The van der Waals surface area contributed by atoms with Gasteiger partial charge in [0.1, 0.15) is 0 Å². The maximum Gasteiger partial charge on any atom is 0.175 e. The van der Waals surface area contributed by atoms with E-state index in [1.807, 2.05) is 0 Å². The number of nitrogen functional groups attached to an aromatic ring is 1. The highest BCUT2D eigenvalue weighted by molar-refractivity contribution is 7.90. The first kappa shape index (κ1) is 14.8. The lowest BCUT2D eigenvalue weighted by molar-refractivity contribution is 0.602. The van der Waals surface area contributed by atoms with Crippen LogP contribution in [-0.2, 0) is 9.84 Å². The fourth-order valence-corrected chi connectivity index (χ4v) is 2.41. The maximum absolute atomic E-state index is 11.4. The second-order valence-corrected chi connectivity index (χ2v) is 6.72. The van der Waals surface area contributed by atoms with Crippen molar-refractivity contribution in [3.05, 3.63) is 18.2 Å². The maximum atomic E-state index is 11.4. The average molecular weight is 270 g/mol. The quantitative estimate of drug-likeness (QED) is 0.779. The third kappa shape index (κ3) is 4.22. The molecule has 1 aromatic rings. The van der Waals surface area contributed by atoms with Gasteiger partial charge < -0.3 is 11.1 Å². The highest BCUT2D eigenvalue weighted by atomic mass is 32.2. The molecule has 18 heavy (non-hydrogen) atoms. The molecule has 0 amide bonds. The largest absolute Gasteiger partial charge is 0.397 e. The second-order valence-electron chi connectivity index (χ2n) is 4.71. The van der Waals surface area contributed by atoms with Crippen LogP contribution in [0.4, 0.5) is 11.4 Å². The van der Waals surface area contributed by atoms with Gasteiger partial charge in [-0.3, -0.25) is 0 Å². The number of rotatable bonds is 6. The number of nitrogens with one attached hydrogen (secondary N) is 1. The molecule has 0 fully saturated rings. The number of anilines is 2. The predicted octanol–water partition coefficient (Wildman–Crippen LogP) is 2.66. The average Bonchev–Trinajstić information content (AvgIpc) is 2.27. The summed E-state index contributed by atoms with van der Waals surface area (Å²) in [6, 6.07) is 5.15. The number of hydrogen-bond donors (Lipinski definition) is 2. The molecule has 0 bridgehead atoms. The van der Waals surface area contributed by atoms with E-state index in [0.717, 1.165) is 24.9 Å². The van der Waals surface area contributed by atoms with Crippen molar-refractivity contribution in [3.63, 3.8) is 0 Å². The minimum atomic E-state index is -3.19. The summed E-state index contributed by atoms with van der Waals surface area (Å²) in [6.45, 7) is 4.25. The van der Waals surface area contributed by atoms with Crippen LogP contribution in [-0.4, -0.2) is 20.7 Å². The Bertz CT molecular complexity index is 498. The molecule has 0 aliphatic heterocycles. The molecule has 3 N–H and O–H groups in total. The third-order valence-corrected chi connectivity index (χ3v) is 3.95. The normalized spacial score (nSPS) is 13.3. The third-order valence-electron chi connectivity index (χ3n) is 2.84. The van der Waals surface area contributed by atoms with Crippen molar-refractivity contribution >= 4 is 21.2 Å². The van der Waals surface area contributed by atoms with Gasteiger partial charge in [-0.05, 0) is 31.5 Å². The molecule has 1 aromatic carbocycles. The van der Waals surface area contributed by atoms with E-state index in [-0.39, 0.29) is 4.90 Å². The number of hydrogen-bond acceptors (Lipinski definition) is 4. The molecule has 0 aliphatic carbocycles. The van der Waals surface area contributed by atoms with Crippen LogP contribution in [0.5, 0.6) is 0 Å². The van der Waals surface area contributed by atoms with Crippen molar-refractivity contribution in [3.8, 4) is 0 Å². The van der Waals surface area contributed by atoms with Crippen LogP contribution in [0.1, 0.15) is 33.1 Å². The first-order valence-corrected chi connectivity index (χ1v) is 8.10. The van der Waals surface area contributed by atoms with Gasteiger partial charge in [0.05, 0.1) is 16.3 Å². The van der Waals surface area contributed by atoms with Gasteiger partial charge in [0.15, 0.2) is 9.84 Å². The van der Waals surface area contributed by atoms with E-state index in [9.17, 15) is 8.42 Å². The van der Waals surface area contributed by atoms with E-state index in [2.05, 4.69) is 19.2 Å². The van der Waals surface area contributed by atoms with E-state index >= 15 is 0 Å². The zero-order chi connectivity index (χ0) is 13.8. The fourth-order valence-electron chi connectivity index (χ4n) is 1.75. The first-order chi connectivity index (χ1) is 8.34. The van der Waals surface area contributed by atoms with Crippen LogP contribution in [0.2, 0.25) is 0 Å². The van der Waals surface area contributed by atoms with Crippen molar-refractivity contribution in [1.29, 1.82) is 0 Å². The van der Waals surface area contributed by atoms with E-state index < -0.39 is 9.84 Å². The highest BCUT2D eigenvalue weighted by Crippen LogP contribution is 2.23. The standard InChI is InChI=1S/C13H22N2O2S/c1-4-5-6-10(2)15-13-8-7-11(9-12(13)14)18(3,16)17/h7-10,15H,4-6,14H2,1-3H3. The first-order valence-electron chi connectivity index (χ1n) is 6.20. The van der Waals surface area contributed by atoms with Crippen molar-refractivity contribution in [2.24, 2.45) is 0 Å². The molecule has 5 heteroatoms. The van der Waals surface area contributed by atoms with Crippen molar-refractivity contribution in [2.45, 2.75) is 44.0 Å². The lowest BCUT2D eigenvalue weighted by Gasteiger charge is -2.16. The number of nitrogens with two attached hydrogens (primary N) is 1. The minimum absolute atomic E-state index is 0.256. The molecule has 102 valence electrons. The summed E-state index contributed by atoms with van der Waals surface area (Å²) in [6.07, 6.45) is 4.58. The summed E-state index contributed by atoms with van der Waals surface area (Å²) in [5, 5.41) is 3.30. The summed E-state index contributed by atoms with van der Waals surface area (Å²) in [5.74, 6) is 0. The Balaban J connectivity index is 2.80. The minimum Gasteiger partial charge on any atom is -0.397 e. The Hall–Kier alpha value is -1.23. The smallest absolute Gasteiger partial charge is 0.175 e. The molecule has 0 spiro atoms. The molecule has 0 aliphatic rings. The van der Waals surface area contributed by atoms with Crippen molar-refractivity contribution in [2.75, 3.05) is 17.3 Å². The highest BCUT2D eigenvalue weighted by Gasteiger charge is 2.10. The van der Waals surface area contributed by atoms with Crippen LogP contribution >= 0.6 is 0 Å². The summed E-state index contributed by atoms with van der Waals surface area (Å²) in [7, 11) is -3.19. The van der Waals surface area contributed by atoms with Gasteiger partial charge in [-0.15, -0.1) is 0 Å². The van der Waals surface area contributed by atoms with Gasteiger partial charge >= 0.3 is 0 Å². The van der Waals surface area contributed by atoms with Gasteiger partial charge in [-0.2, -0.15) is 0 Å². The molecule has 0 saturated carbocycles. The molecule has 1 atom stereocenters. The Kier molecular flexibility index (Phi) is 5.02. The molecular weight excluding hydrogens is 248 g/mol. The Morgan fingerprint density at radius 1 is 1.39 bits per heavy atom. The van der Waals surface area contributed by atoms with E-state index in [4.69, 9.17) is 5.73 Å². The molecule has 0 heterocycles. The van der Waals surface area contributed by atoms with Crippen LogP contribution in [0.25, 0.3) is 0 Å². The SMILES string of the molecule is CCCCC(C)Nc1ccc(S(C)(=O)=O)cc1N. The number of sulfone groups is 1. The molecule has 0 radical (unpaired) electrons. The zero-order valence-corrected chi connectivity index (χ0v) is 12.0. The molecular formula is C13H22N2O2S. The number of unbranched alkanes of at least 4 members (excludes halogenated alkanes) is 1. The van der Waals surface area contributed by atoms with Gasteiger partial charge in [0, 0.05) is 12.3 Å². The summed E-state index contributed by atoms with van der Waals surface area (Å²) < 4.78 is 22.8. The van der Waals surface area contributed by atoms with Crippen LogP contribution in [0.3, 0.4) is 0 Å². The Labute approximate surface area is 110 Å². The molecule has 0 aromatic heterocycles. The van der Waals surface area contributed by atoms with Gasteiger partial charge in [0.25, 0.3) is 0 Å². The van der Waals surface area contributed by atoms with Crippen LogP contribution in [0, 0.1) is 0 Å². The van der Waals surface area contributed by atoms with Gasteiger partial charge in [-0.25, -0.2) is 8.42 Å². The molecule has 1 unspecified atom stereocenters. The van der Waals surface area contributed by atoms with Gasteiger partial charge in [-0.1, -0.05) is 19.8 Å². The van der Waals surface area contributed by atoms with Crippen molar-refractivity contribution < 1.29 is 8.42 Å². The van der Waals surface area contributed by atoms with E-state index in [0.29, 0.717) is 11.7 Å². The van der Waals surface area contributed by atoms with E-state index in [1.165, 1.54) is 12.3 Å². The molecule has 0 saturated heterocycles. The van der Waals surface area contributed by atoms with Gasteiger partial charge in [0.2, 0.25) is 0 Å². The zero-order valence-electron chi connectivity index (χ0n) is 11.2. The lowest BCUT2D eigenvalue weighted by atomic mass is 10.1. The Morgan fingerprint density at radius 2 is 2.06 bits per heavy atom. The topological polar surface area (TPSA) is 72.2 Å². The van der Waals surface area contributed by atoms with Crippen molar-refractivity contribution in [1.82, 2.24) is 0 Å². The summed E-state index contributed by atoms with van der Waals surface area (Å²) in [4.78, 5) is 0.256. The molecule has 1 rings (SSSR count). The predicted molar refractivity (Wildman–Crippen MR) is 76.6 cm³/mol. The summed E-state index contributed by atoms with van der Waals surface area (Å²) in [5.41, 5.74) is 7.14. The fraction of sp³-hybridized carbons (Fsp3) is 0.538. The molecule has 4 nitrogen and oxygen atoms in total. The monoisotopic (exact) mass is 270 g/mol.